The smallest absolute Gasteiger partial charge is 0.371 e. The van der Waals surface area contributed by atoms with Crippen molar-refractivity contribution >= 4 is 5.97 Å². The number of aromatic nitrogens is 1. The first-order valence-electron chi connectivity index (χ1n) is 6.04. The lowest BCUT2D eigenvalue weighted by Gasteiger charge is -2.12. The molecular formula is C14H16N2O3. The van der Waals surface area contributed by atoms with Gasteiger partial charge in [0.15, 0.2) is 0 Å². The Labute approximate surface area is 111 Å². The van der Waals surface area contributed by atoms with Crippen LogP contribution in [0.3, 0.4) is 0 Å². The fourth-order valence-electron chi connectivity index (χ4n) is 1.75. The summed E-state index contributed by atoms with van der Waals surface area (Å²) in [5, 5.41) is 12.1. The Morgan fingerprint density at radius 1 is 1.47 bits per heavy atom. The van der Waals surface area contributed by atoms with Crippen molar-refractivity contribution in [2.24, 2.45) is 0 Å². The Hall–Kier alpha value is -2.14. The summed E-state index contributed by atoms with van der Waals surface area (Å²) in [5.41, 5.74) is 2.28. The highest BCUT2D eigenvalue weighted by Gasteiger charge is 2.13. The van der Waals surface area contributed by atoms with Gasteiger partial charge in [0.1, 0.15) is 5.76 Å². The van der Waals surface area contributed by atoms with E-state index >= 15 is 0 Å². The van der Waals surface area contributed by atoms with Crippen LogP contribution in [0, 0.1) is 6.92 Å². The van der Waals surface area contributed by atoms with Gasteiger partial charge in [-0.15, -0.1) is 0 Å². The molecule has 0 bridgehead atoms. The number of carboxylic acid groups (broad SMARTS) is 1. The molecule has 0 aromatic carbocycles. The van der Waals surface area contributed by atoms with Gasteiger partial charge in [-0.05, 0) is 43.2 Å². The summed E-state index contributed by atoms with van der Waals surface area (Å²) < 4.78 is 5.25. The topological polar surface area (TPSA) is 75.4 Å². The summed E-state index contributed by atoms with van der Waals surface area (Å²) in [6.45, 7) is 4.61. The average Bonchev–Trinajstić information content (AvgIpc) is 2.87. The zero-order valence-corrected chi connectivity index (χ0v) is 10.9. The zero-order valence-electron chi connectivity index (χ0n) is 10.9. The van der Waals surface area contributed by atoms with E-state index in [0.29, 0.717) is 12.3 Å². The van der Waals surface area contributed by atoms with E-state index in [1.165, 1.54) is 11.6 Å². The van der Waals surface area contributed by atoms with E-state index in [1.54, 1.807) is 12.3 Å². The van der Waals surface area contributed by atoms with Crippen LogP contribution in [0.25, 0.3) is 0 Å². The Kier molecular flexibility index (Phi) is 3.97. The van der Waals surface area contributed by atoms with Crippen molar-refractivity contribution in [3.05, 3.63) is 53.2 Å². The minimum absolute atomic E-state index is 0.0405. The predicted octanol–water partition coefficient (Wildman–Crippen LogP) is 2.53. The van der Waals surface area contributed by atoms with Crippen LogP contribution in [0.2, 0.25) is 0 Å². The highest BCUT2D eigenvalue weighted by Crippen LogP contribution is 2.17. The second-order valence-corrected chi connectivity index (χ2v) is 4.41. The first-order valence-corrected chi connectivity index (χ1v) is 6.04. The molecule has 0 aliphatic rings. The van der Waals surface area contributed by atoms with Crippen LogP contribution in [0.5, 0.6) is 0 Å². The van der Waals surface area contributed by atoms with E-state index in [2.05, 4.69) is 10.3 Å². The summed E-state index contributed by atoms with van der Waals surface area (Å²) in [7, 11) is 0. The third kappa shape index (κ3) is 3.20. The van der Waals surface area contributed by atoms with Crippen molar-refractivity contribution in [2.75, 3.05) is 0 Å². The molecule has 5 nitrogen and oxygen atoms in total. The molecule has 0 aliphatic heterocycles. The number of nitrogens with zero attached hydrogens (tertiary/aromatic N) is 1. The maximum atomic E-state index is 10.7. The molecule has 2 N–H and O–H groups in total. The minimum atomic E-state index is -1.05. The minimum Gasteiger partial charge on any atom is -0.475 e. The van der Waals surface area contributed by atoms with Gasteiger partial charge in [0, 0.05) is 18.9 Å². The molecule has 0 radical (unpaired) electrons. The third-order valence-corrected chi connectivity index (χ3v) is 3.01. The molecule has 0 spiro atoms. The summed E-state index contributed by atoms with van der Waals surface area (Å²) in [6.07, 6.45) is 3.58. The fourth-order valence-corrected chi connectivity index (χ4v) is 1.75. The first-order chi connectivity index (χ1) is 9.08. The number of pyridine rings is 1. The standard InChI is InChI=1S/C14H16N2O3/c1-9-5-6-15-7-11(9)8-16-10(2)12-3-4-13(19-12)14(17)18/h3-7,10,16H,8H2,1-2H3,(H,17,18). The Morgan fingerprint density at radius 2 is 2.26 bits per heavy atom. The largest absolute Gasteiger partial charge is 0.475 e. The summed E-state index contributed by atoms with van der Waals surface area (Å²) >= 11 is 0. The van der Waals surface area contributed by atoms with Crippen LogP contribution in [0.15, 0.2) is 35.0 Å². The second-order valence-electron chi connectivity index (χ2n) is 4.41. The van der Waals surface area contributed by atoms with Gasteiger partial charge in [-0.3, -0.25) is 4.98 Å². The number of furan rings is 1. The van der Waals surface area contributed by atoms with E-state index in [1.807, 2.05) is 26.1 Å². The van der Waals surface area contributed by atoms with Gasteiger partial charge in [-0.1, -0.05) is 0 Å². The van der Waals surface area contributed by atoms with Gasteiger partial charge in [-0.25, -0.2) is 4.79 Å². The molecule has 1 unspecified atom stereocenters. The van der Waals surface area contributed by atoms with Crippen LogP contribution >= 0.6 is 0 Å². The average molecular weight is 260 g/mol. The van der Waals surface area contributed by atoms with Crippen LogP contribution in [0.4, 0.5) is 0 Å². The summed E-state index contributed by atoms with van der Waals surface area (Å²) in [5.74, 6) is -0.485. The van der Waals surface area contributed by atoms with Crippen molar-refractivity contribution in [3.63, 3.8) is 0 Å². The number of hydrogen-bond acceptors (Lipinski definition) is 4. The number of carboxylic acids is 1. The summed E-state index contributed by atoms with van der Waals surface area (Å²) in [4.78, 5) is 14.8. The van der Waals surface area contributed by atoms with Crippen molar-refractivity contribution in [3.8, 4) is 0 Å². The Bertz CT molecular complexity index is 578. The molecule has 2 rings (SSSR count). The van der Waals surface area contributed by atoms with E-state index in [4.69, 9.17) is 9.52 Å². The van der Waals surface area contributed by atoms with Crippen molar-refractivity contribution in [1.29, 1.82) is 0 Å². The number of rotatable bonds is 5. The van der Waals surface area contributed by atoms with Crippen molar-refractivity contribution in [2.45, 2.75) is 26.4 Å². The fraction of sp³-hybridized carbons (Fsp3) is 0.286. The monoisotopic (exact) mass is 260 g/mol. The van der Waals surface area contributed by atoms with Gasteiger partial charge < -0.3 is 14.8 Å². The van der Waals surface area contributed by atoms with E-state index in [-0.39, 0.29) is 11.8 Å². The number of nitrogens with one attached hydrogen (secondary N) is 1. The Balaban J connectivity index is 1.99. The second kappa shape index (κ2) is 5.67. The Morgan fingerprint density at radius 3 is 2.89 bits per heavy atom. The normalized spacial score (nSPS) is 12.3. The molecular weight excluding hydrogens is 244 g/mol. The van der Waals surface area contributed by atoms with Gasteiger partial charge >= 0.3 is 5.97 Å². The van der Waals surface area contributed by atoms with Crippen LogP contribution in [0.1, 0.15) is 40.4 Å². The quantitative estimate of drug-likeness (QED) is 0.864. The first kappa shape index (κ1) is 13.3. The van der Waals surface area contributed by atoms with E-state index in [9.17, 15) is 4.79 Å². The van der Waals surface area contributed by atoms with Gasteiger partial charge in [-0.2, -0.15) is 0 Å². The molecule has 2 heterocycles. The van der Waals surface area contributed by atoms with Crippen LogP contribution < -0.4 is 5.32 Å². The molecule has 0 aliphatic carbocycles. The zero-order chi connectivity index (χ0) is 13.8. The molecule has 100 valence electrons. The van der Waals surface area contributed by atoms with Gasteiger partial charge in [0.05, 0.1) is 6.04 Å². The molecule has 0 amide bonds. The number of carbonyl (C=O) groups is 1. The SMILES string of the molecule is Cc1ccncc1CNC(C)c1ccc(C(=O)O)o1. The van der Waals surface area contributed by atoms with Crippen LogP contribution in [-0.2, 0) is 6.54 Å². The lowest BCUT2D eigenvalue weighted by molar-refractivity contribution is 0.0659. The van der Waals surface area contributed by atoms with E-state index < -0.39 is 5.97 Å². The number of hydrogen-bond donors (Lipinski definition) is 2. The summed E-state index contributed by atoms with van der Waals surface area (Å²) in [6, 6.07) is 5.03. The third-order valence-electron chi connectivity index (χ3n) is 3.01. The van der Waals surface area contributed by atoms with E-state index in [0.717, 1.165) is 5.56 Å². The molecule has 0 saturated heterocycles. The lowest BCUT2D eigenvalue weighted by atomic mass is 10.1. The van der Waals surface area contributed by atoms with Gasteiger partial charge in [0.25, 0.3) is 0 Å². The number of aromatic carboxylic acids is 1. The van der Waals surface area contributed by atoms with Crippen molar-refractivity contribution < 1.29 is 14.3 Å². The molecule has 0 saturated carbocycles. The maximum Gasteiger partial charge on any atom is 0.371 e. The molecule has 2 aromatic rings. The highest BCUT2D eigenvalue weighted by atomic mass is 16.4. The molecule has 2 aromatic heterocycles. The highest BCUT2D eigenvalue weighted by molar-refractivity contribution is 5.84. The maximum absolute atomic E-state index is 10.7. The lowest BCUT2D eigenvalue weighted by Crippen LogP contribution is -2.18. The molecule has 5 heteroatoms. The molecule has 0 fully saturated rings. The molecule has 19 heavy (non-hydrogen) atoms. The number of aryl methyl sites for hydroxylation is 1. The van der Waals surface area contributed by atoms with Crippen molar-refractivity contribution in [1.82, 2.24) is 10.3 Å². The van der Waals surface area contributed by atoms with Crippen LogP contribution in [-0.4, -0.2) is 16.1 Å². The predicted molar refractivity (Wildman–Crippen MR) is 69.9 cm³/mol. The van der Waals surface area contributed by atoms with Gasteiger partial charge in [0.2, 0.25) is 5.76 Å². The molecule has 1 atom stereocenters.